The molecule has 3 rings (SSSR count). The molecule has 3 aromatic rings. The molecule has 0 unspecified atom stereocenters. The molecule has 0 bridgehead atoms. The molecular weight excluding hydrogens is 385 g/mol. The van der Waals surface area contributed by atoms with E-state index in [1.54, 1.807) is 4.57 Å². The molecule has 0 atom stereocenters. The van der Waals surface area contributed by atoms with Gasteiger partial charge in [-0.05, 0) is 57.5 Å². The fourth-order valence-electron chi connectivity index (χ4n) is 2.71. The average Bonchev–Trinajstić information content (AvgIpc) is 2.89. The van der Waals surface area contributed by atoms with Crippen LogP contribution in [0.25, 0.3) is 10.2 Å². The maximum absolute atomic E-state index is 13.0. The molecule has 27 heavy (non-hydrogen) atoms. The maximum atomic E-state index is 13.0. The van der Waals surface area contributed by atoms with Crippen LogP contribution >= 0.6 is 23.1 Å². The van der Waals surface area contributed by atoms with Gasteiger partial charge in [0.15, 0.2) is 5.16 Å². The van der Waals surface area contributed by atoms with Crippen molar-refractivity contribution < 1.29 is 9.18 Å². The summed E-state index contributed by atoms with van der Waals surface area (Å²) >= 11 is 2.71. The van der Waals surface area contributed by atoms with Crippen LogP contribution in [0, 0.1) is 19.7 Å². The number of fused-ring (bicyclic) bond motifs is 1. The summed E-state index contributed by atoms with van der Waals surface area (Å²) in [4.78, 5) is 31.6. The standard InChI is InChI=1S/C19H20FN3O2S2/c1-10(2)23-18(25)16-11(3)12(4)27-17(16)22-19(23)26-9-15(24)21-14-7-5-13(20)6-8-14/h5-8,10H,9H2,1-4H3,(H,21,24). The molecule has 142 valence electrons. The van der Waals surface area contributed by atoms with E-state index in [1.165, 1.54) is 47.4 Å². The maximum Gasteiger partial charge on any atom is 0.263 e. The highest BCUT2D eigenvalue weighted by atomic mass is 32.2. The van der Waals surface area contributed by atoms with E-state index in [9.17, 15) is 14.0 Å². The number of thioether (sulfide) groups is 1. The van der Waals surface area contributed by atoms with Crippen molar-refractivity contribution in [1.29, 1.82) is 0 Å². The van der Waals surface area contributed by atoms with E-state index >= 15 is 0 Å². The van der Waals surface area contributed by atoms with E-state index in [0.717, 1.165) is 10.4 Å². The van der Waals surface area contributed by atoms with Crippen LogP contribution in [0.2, 0.25) is 0 Å². The Balaban J connectivity index is 1.85. The summed E-state index contributed by atoms with van der Waals surface area (Å²) in [7, 11) is 0. The number of aromatic nitrogens is 2. The Morgan fingerprint density at radius 3 is 2.59 bits per heavy atom. The summed E-state index contributed by atoms with van der Waals surface area (Å²) in [6.07, 6.45) is 0. The average molecular weight is 406 g/mol. The molecule has 0 aliphatic rings. The van der Waals surface area contributed by atoms with Crippen LogP contribution in [0.1, 0.15) is 30.3 Å². The number of hydrogen-bond acceptors (Lipinski definition) is 5. The first-order valence-corrected chi connectivity index (χ1v) is 10.3. The minimum Gasteiger partial charge on any atom is -0.325 e. The number of nitrogens with one attached hydrogen (secondary N) is 1. The third kappa shape index (κ3) is 4.06. The van der Waals surface area contributed by atoms with Crippen molar-refractivity contribution in [3.8, 4) is 0 Å². The normalized spacial score (nSPS) is 11.3. The molecule has 2 heterocycles. The molecule has 0 spiro atoms. The van der Waals surface area contributed by atoms with E-state index in [2.05, 4.69) is 10.3 Å². The van der Waals surface area contributed by atoms with Crippen molar-refractivity contribution in [3.63, 3.8) is 0 Å². The van der Waals surface area contributed by atoms with Crippen LogP contribution in [0.3, 0.4) is 0 Å². The molecule has 8 heteroatoms. The Bertz CT molecular complexity index is 1060. The van der Waals surface area contributed by atoms with Gasteiger partial charge < -0.3 is 5.32 Å². The molecule has 1 amide bonds. The van der Waals surface area contributed by atoms with Gasteiger partial charge in [-0.15, -0.1) is 11.3 Å². The lowest BCUT2D eigenvalue weighted by Gasteiger charge is -2.15. The van der Waals surface area contributed by atoms with Crippen LogP contribution in [0.15, 0.2) is 34.2 Å². The summed E-state index contributed by atoms with van der Waals surface area (Å²) < 4.78 is 14.6. The Labute approximate surface area is 164 Å². The van der Waals surface area contributed by atoms with Gasteiger partial charge in [0, 0.05) is 16.6 Å². The number of carbonyl (C=O) groups is 1. The predicted molar refractivity (Wildman–Crippen MR) is 109 cm³/mol. The van der Waals surface area contributed by atoms with E-state index in [-0.39, 0.29) is 29.1 Å². The molecule has 1 aromatic carbocycles. The Morgan fingerprint density at radius 1 is 1.30 bits per heavy atom. The van der Waals surface area contributed by atoms with Gasteiger partial charge in [-0.2, -0.15) is 0 Å². The van der Waals surface area contributed by atoms with Gasteiger partial charge in [0.25, 0.3) is 5.56 Å². The van der Waals surface area contributed by atoms with Gasteiger partial charge >= 0.3 is 0 Å². The minimum absolute atomic E-state index is 0.0710. The first kappa shape index (κ1) is 19.6. The number of benzene rings is 1. The number of nitrogens with zero attached hydrogens (tertiary/aromatic N) is 2. The molecule has 0 saturated carbocycles. The second kappa shape index (κ2) is 7.82. The Hall–Kier alpha value is -2.19. The zero-order chi connectivity index (χ0) is 19.7. The Morgan fingerprint density at radius 2 is 1.96 bits per heavy atom. The summed E-state index contributed by atoms with van der Waals surface area (Å²) in [6, 6.07) is 5.51. The molecule has 0 fully saturated rings. The monoisotopic (exact) mass is 405 g/mol. The first-order chi connectivity index (χ1) is 12.8. The molecular formula is C19H20FN3O2S2. The van der Waals surface area contributed by atoms with Crippen molar-refractivity contribution in [2.24, 2.45) is 0 Å². The molecule has 1 N–H and O–H groups in total. The largest absolute Gasteiger partial charge is 0.325 e. The second-order valence-corrected chi connectivity index (χ2v) is 8.62. The number of aryl methyl sites for hydroxylation is 2. The van der Waals surface area contributed by atoms with E-state index in [0.29, 0.717) is 21.1 Å². The van der Waals surface area contributed by atoms with Gasteiger partial charge in [0.2, 0.25) is 5.91 Å². The van der Waals surface area contributed by atoms with Gasteiger partial charge in [-0.1, -0.05) is 11.8 Å². The summed E-state index contributed by atoms with van der Waals surface area (Å²) in [5.41, 5.74) is 1.42. The fraction of sp³-hybridized carbons (Fsp3) is 0.316. The van der Waals surface area contributed by atoms with Crippen molar-refractivity contribution >= 4 is 44.9 Å². The van der Waals surface area contributed by atoms with Crippen LogP contribution < -0.4 is 10.9 Å². The zero-order valence-electron chi connectivity index (χ0n) is 15.5. The number of carbonyl (C=O) groups excluding carboxylic acids is 1. The van der Waals surface area contributed by atoms with E-state index < -0.39 is 0 Å². The van der Waals surface area contributed by atoms with E-state index in [4.69, 9.17) is 0 Å². The quantitative estimate of drug-likeness (QED) is 0.500. The second-order valence-electron chi connectivity index (χ2n) is 6.47. The molecule has 0 aliphatic carbocycles. The lowest BCUT2D eigenvalue weighted by molar-refractivity contribution is -0.113. The lowest BCUT2D eigenvalue weighted by atomic mass is 10.2. The van der Waals surface area contributed by atoms with Gasteiger partial charge in [-0.25, -0.2) is 9.37 Å². The lowest BCUT2D eigenvalue weighted by Crippen LogP contribution is -2.25. The predicted octanol–water partition coefficient (Wildman–Crippen LogP) is 4.53. The number of thiophene rings is 1. The smallest absolute Gasteiger partial charge is 0.263 e. The zero-order valence-corrected chi connectivity index (χ0v) is 17.1. The number of anilines is 1. The SMILES string of the molecule is Cc1sc2nc(SCC(=O)Nc3ccc(F)cc3)n(C(C)C)c(=O)c2c1C. The molecule has 0 radical (unpaired) electrons. The fourth-order valence-corrected chi connectivity index (χ4v) is 4.70. The van der Waals surface area contributed by atoms with Gasteiger partial charge in [-0.3, -0.25) is 14.2 Å². The van der Waals surface area contributed by atoms with Crippen molar-refractivity contribution in [2.75, 3.05) is 11.1 Å². The highest BCUT2D eigenvalue weighted by molar-refractivity contribution is 7.99. The molecule has 0 saturated heterocycles. The first-order valence-electron chi connectivity index (χ1n) is 8.48. The summed E-state index contributed by atoms with van der Waals surface area (Å²) in [6.45, 7) is 7.76. The van der Waals surface area contributed by atoms with E-state index in [1.807, 2.05) is 27.7 Å². The van der Waals surface area contributed by atoms with Crippen molar-refractivity contribution in [1.82, 2.24) is 9.55 Å². The van der Waals surface area contributed by atoms with Crippen LogP contribution in [0.5, 0.6) is 0 Å². The minimum atomic E-state index is -0.359. The summed E-state index contributed by atoms with van der Waals surface area (Å²) in [5, 5.41) is 3.90. The number of hydrogen-bond donors (Lipinski definition) is 1. The van der Waals surface area contributed by atoms with Crippen LogP contribution in [0.4, 0.5) is 10.1 Å². The van der Waals surface area contributed by atoms with Gasteiger partial charge in [0.1, 0.15) is 10.6 Å². The molecule has 2 aromatic heterocycles. The summed E-state index contributed by atoms with van der Waals surface area (Å²) in [5.74, 6) is -0.497. The topological polar surface area (TPSA) is 64.0 Å². The van der Waals surface area contributed by atoms with Crippen LogP contribution in [-0.4, -0.2) is 21.2 Å². The number of amides is 1. The van der Waals surface area contributed by atoms with Crippen LogP contribution in [-0.2, 0) is 4.79 Å². The van der Waals surface area contributed by atoms with Crippen molar-refractivity contribution in [2.45, 2.75) is 38.9 Å². The number of halogens is 1. The third-order valence-electron chi connectivity index (χ3n) is 4.18. The third-order valence-corrected chi connectivity index (χ3v) is 6.23. The highest BCUT2D eigenvalue weighted by Crippen LogP contribution is 2.29. The van der Waals surface area contributed by atoms with Crippen molar-refractivity contribution in [3.05, 3.63) is 50.9 Å². The Kier molecular flexibility index (Phi) is 5.67. The number of rotatable bonds is 5. The highest BCUT2D eigenvalue weighted by Gasteiger charge is 2.19. The molecule has 0 aliphatic heterocycles. The van der Waals surface area contributed by atoms with Gasteiger partial charge in [0.05, 0.1) is 11.1 Å². The molecule has 5 nitrogen and oxygen atoms in total.